The van der Waals surface area contributed by atoms with Gasteiger partial charge < -0.3 is 16.2 Å². The number of aliphatic hydroxyl groups excluding tert-OH is 1. The van der Waals surface area contributed by atoms with Crippen LogP contribution in [0.15, 0.2) is 0 Å². The third kappa shape index (κ3) is 5.90. The maximum atomic E-state index is 10.8. The van der Waals surface area contributed by atoms with Crippen LogP contribution in [0.2, 0.25) is 0 Å². The molecule has 0 aliphatic carbocycles. The zero-order chi connectivity index (χ0) is 10.3. The van der Waals surface area contributed by atoms with Crippen molar-refractivity contribution >= 4 is 17.7 Å². The Kier molecular flexibility index (Phi) is 7.03. The number of rotatable bonds is 7. The van der Waals surface area contributed by atoms with Crippen molar-refractivity contribution in [1.29, 1.82) is 0 Å². The lowest BCUT2D eigenvalue weighted by Crippen LogP contribution is -2.41. The number of nitrogens with one attached hydrogen (secondary N) is 1. The molecule has 4 N–H and O–H groups in total. The van der Waals surface area contributed by atoms with Crippen LogP contribution in [-0.4, -0.2) is 42.2 Å². The molecule has 0 saturated heterocycles. The quantitative estimate of drug-likeness (QED) is 0.521. The molecule has 0 aliphatic heterocycles. The molecule has 2 unspecified atom stereocenters. The molecule has 0 aromatic rings. The van der Waals surface area contributed by atoms with Crippen molar-refractivity contribution in [3.8, 4) is 0 Å². The number of thioether (sulfide) groups is 1. The number of carbonyl (C=O) groups excluding carboxylic acids is 1. The number of hydrogen-bond donors (Lipinski definition) is 3. The molecule has 13 heavy (non-hydrogen) atoms. The first-order valence-electron chi connectivity index (χ1n) is 4.27. The molecule has 0 fully saturated rings. The molecule has 0 heterocycles. The van der Waals surface area contributed by atoms with Crippen LogP contribution in [0.25, 0.3) is 0 Å². The van der Waals surface area contributed by atoms with Crippen molar-refractivity contribution in [3.63, 3.8) is 0 Å². The van der Waals surface area contributed by atoms with Crippen molar-refractivity contribution in [1.82, 2.24) is 5.32 Å². The molecule has 0 radical (unpaired) electrons. The Labute approximate surface area is 83.3 Å². The van der Waals surface area contributed by atoms with E-state index in [0.717, 1.165) is 5.75 Å². The summed E-state index contributed by atoms with van der Waals surface area (Å²) in [6, 6.07) is -0.268. The topological polar surface area (TPSA) is 75.3 Å². The first-order valence-corrected chi connectivity index (χ1v) is 5.42. The van der Waals surface area contributed by atoms with Gasteiger partial charge >= 0.3 is 0 Å². The monoisotopic (exact) mass is 206 g/mol. The van der Waals surface area contributed by atoms with E-state index in [4.69, 9.17) is 10.8 Å². The lowest BCUT2D eigenvalue weighted by molar-refractivity contribution is -0.119. The molecular formula is C8H18N2O2S. The molecule has 1 amide bonds. The van der Waals surface area contributed by atoms with E-state index in [1.54, 1.807) is 18.8 Å². The van der Waals surface area contributed by atoms with Gasteiger partial charge in [-0.25, -0.2) is 0 Å². The third-order valence-electron chi connectivity index (χ3n) is 1.69. The van der Waals surface area contributed by atoms with E-state index in [1.807, 2.05) is 6.92 Å². The van der Waals surface area contributed by atoms with Gasteiger partial charge in [-0.1, -0.05) is 6.92 Å². The lowest BCUT2D eigenvalue weighted by atomic mass is 10.2. The first kappa shape index (κ1) is 12.7. The molecule has 0 aromatic carbocycles. The highest BCUT2D eigenvalue weighted by molar-refractivity contribution is 7.99. The van der Waals surface area contributed by atoms with Gasteiger partial charge in [-0.3, -0.25) is 4.79 Å². The molecule has 5 heteroatoms. The third-order valence-corrected chi connectivity index (χ3v) is 3.06. The van der Waals surface area contributed by atoms with E-state index in [0.29, 0.717) is 5.75 Å². The van der Waals surface area contributed by atoms with Gasteiger partial charge in [0.1, 0.15) is 0 Å². The molecule has 4 nitrogen and oxygen atoms in total. The van der Waals surface area contributed by atoms with Crippen LogP contribution >= 0.6 is 11.8 Å². The van der Waals surface area contributed by atoms with Crippen molar-refractivity contribution in [2.24, 2.45) is 11.7 Å². The summed E-state index contributed by atoms with van der Waals surface area (Å²) in [7, 11) is 1.71. The second-order valence-corrected chi connectivity index (χ2v) is 4.14. The van der Waals surface area contributed by atoms with Gasteiger partial charge in [-0.2, -0.15) is 11.8 Å². The number of hydrogen-bond acceptors (Lipinski definition) is 4. The Hall–Kier alpha value is -0.260. The predicted molar refractivity (Wildman–Crippen MR) is 55.6 cm³/mol. The SMILES string of the molecule is CNC(CSCC(C)CO)C(N)=O. The lowest BCUT2D eigenvalue weighted by Gasteiger charge is -2.13. The summed E-state index contributed by atoms with van der Waals surface area (Å²) in [4.78, 5) is 10.8. The van der Waals surface area contributed by atoms with Gasteiger partial charge in [-0.05, 0) is 18.7 Å². The zero-order valence-electron chi connectivity index (χ0n) is 8.12. The Balaban J connectivity index is 3.55. The molecule has 2 atom stereocenters. The number of likely N-dealkylation sites (N-methyl/N-ethyl adjacent to an activating group) is 1. The fraction of sp³-hybridized carbons (Fsp3) is 0.875. The average Bonchev–Trinajstić information content (AvgIpc) is 2.11. The van der Waals surface area contributed by atoms with Crippen LogP contribution < -0.4 is 11.1 Å². The van der Waals surface area contributed by atoms with Crippen LogP contribution in [-0.2, 0) is 4.79 Å². The maximum absolute atomic E-state index is 10.8. The smallest absolute Gasteiger partial charge is 0.235 e. The standard InChI is InChI=1S/C8H18N2O2S/c1-6(3-11)4-13-5-7(10-2)8(9)12/h6-7,10-11H,3-5H2,1-2H3,(H2,9,12). The zero-order valence-corrected chi connectivity index (χ0v) is 8.93. The molecule has 0 saturated carbocycles. The summed E-state index contributed by atoms with van der Waals surface area (Å²) in [5, 5.41) is 11.6. The van der Waals surface area contributed by atoms with E-state index < -0.39 is 0 Å². The second kappa shape index (κ2) is 7.17. The number of aliphatic hydroxyl groups is 1. The van der Waals surface area contributed by atoms with Crippen molar-refractivity contribution in [2.45, 2.75) is 13.0 Å². The molecule has 78 valence electrons. The van der Waals surface area contributed by atoms with Crippen molar-refractivity contribution in [2.75, 3.05) is 25.2 Å². The fourth-order valence-electron chi connectivity index (χ4n) is 0.748. The van der Waals surface area contributed by atoms with Gasteiger partial charge in [0, 0.05) is 12.4 Å². The van der Waals surface area contributed by atoms with Crippen LogP contribution in [0, 0.1) is 5.92 Å². The highest BCUT2D eigenvalue weighted by atomic mass is 32.2. The highest BCUT2D eigenvalue weighted by Crippen LogP contribution is 2.08. The summed E-state index contributed by atoms with van der Waals surface area (Å²) in [5.74, 6) is 1.46. The molecule has 0 bridgehead atoms. The summed E-state index contributed by atoms with van der Waals surface area (Å²) < 4.78 is 0. The second-order valence-electron chi connectivity index (χ2n) is 3.07. The highest BCUT2D eigenvalue weighted by Gasteiger charge is 2.12. The summed E-state index contributed by atoms with van der Waals surface area (Å²) >= 11 is 1.62. The van der Waals surface area contributed by atoms with Gasteiger partial charge in [-0.15, -0.1) is 0 Å². The Morgan fingerprint density at radius 3 is 2.62 bits per heavy atom. The van der Waals surface area contributed by atoms with Crippen LogP contribution in [0.1, 0.15) is 6.92 Å². The van der Waals surface area contributed by atoms with Gasteiger partial charge in [0.25, 0.3) is 0 Å². The van der Waals surface area contributed by atoms with Crippen molar-refractivity contribution in [3.05, 3.63) is 0 Å². The van der Waals surface area contributed by atoms with Crippen LogP contribution in [0.3, 0.4) is 0 Å². The Morgan fingerprint density at radius 1 is 1.62 bits per heavy atom. The van der Waals surface area contributed by atoms with Crippen LogP contribution in [0.5, 0.6) is 0 Å². The van der Waals surface area contributed by atoms with E-state index in [2.05, 4.69) is 5.32 Å². The van der Waals surface area contributed by atoms with E-state index in [9.17, 15) is 4.79 Å². The maximum Gasteiger partial charge on any atom is 0.235 e. The minimum atomic E-state index is -0.327. The minimum absolute atomic E-state index is 0.188. The molecular weight excluding hydrogens is 188 g/mol. The summed E-state index contributed by atoms with van der Waals surface area (Å²) in [6.45, 7) is 2.15. The summed E-state index contributed by atoms with van der Waals surface area (Å²) in [5.41, 5.74) is 5.13. The van der Waals surface area contributed by atoms with Crippen LogP contribution in [0.4, 0.5) is 0 Å². The Bertz CT molecular complexity index is 155. The van der Waals surface area contributed by atoms with Gasteiger partial charge in [0.2, 0.25) is 5.91 Å². The molecule has 0 spiro atoms. The number of primary amides is 1. The molecule has 0 rings (SSSR count). The average molecular weight is 206 g/mol. The van der Waals surface area contributed by atoms with E-state index in [-0.39, 0.29) is 24.5 Å². The molecule has 0 aliphatic rings. The first-order chi connectivity index (χ1) is 6.11. The normalized spacial score (nSPS) is 15.3. The number of amides is 1. The van der Waals surface area contributed by atoms with Gasteiger partial charge in [0.05, 0.1) is 6.04 Å². The predicted octanol–water partition coefficient (Wildman–Crippen LogP) is -0.579. The summed E-state index contributed by atoms with van der Waals surface area (Å²) in [6.07, 6.45) is 0. The number of carbonyl (C=O) groups is 1. The van der Waals surface area contributed by atoms with E-state index in [1.165, 1.54) is 0 Å². The number of nitrogens with two attached hydrogens (primary N) is 1. The van der Waals surface area contributed by atoms with Gasteiger partial charge in [0.15, 0.2) is 0 Å². The molecule has 0 aromatic heterocycles. The Morgan fingerprint density at radius 2 is 2.23 bits per heavy atom. The minimum Gasteiger partial charge on any atom is -0.396 e. The fourth-order valence-corrected chi connectivity index (χ4v) is 1.96. The van der Waals surface area contributed by atoms with E-state index >= 15 is 0 Å². The largest absolute Gasteiger partial charge is 0.396 e. The van der Waals surface area contributed by atoms with Crippen molar-refractivity contribution < 1.29 is 9.90 Å².